The first-order valence-electron chi connectivity index (χ1n) is 6.67. The second-order valence-electron chi connectivity index (χ2n) is 4.70. The van der Waals surface area contributed by atoms with Crippen LogP contribution < -0.4 is 15.8 Å². The molecule has 0 bridgehead atoms. The van der Waals surface area contributed by atoms with Gasteiger partial charge in [-0.05, 0) is 37.9 Å². The van der Waals surface area contributed by atoms with E-state index in [9.17, 15) is 4.79 Å². The smallest absolute Gasteiger partial charge is 0.322 e. The first-order chi connectivity index (χ1) is 9.26. The third-order valence-corrected chi connectivity index (χ3v) is 3.20. The van der Waals surface area contributed by atoms with Gasteiger partial charge in [-0.25, -0.2) is 4.79 Å². The molecular weight excluding hydrogens is 242 g/mol. The summed E-state index contributed by atoms with van der Waals surface area (Å²) >= 11 is 0. The van der Waals surface area contributed by atoms with E-state index in [4.69, 9.17) is 10.5 Å². The lowest BCUT2D eigenvalue weighted by atomic mass is 10.3. The van der Waals surface area contributed by atoms with Gasteiger partial charge in [0.15, 0.2) is 0 Å². The fourth-order valence-corrected chi connectivity index (χ4v) is 2.03. The fraction of sp³-hybridized carbons (Fsp3) is 0.500. The molecule has 0 spiro atoms. The topological polar surface area (TPSA) is 67.6 Å². The van der Waals surface area contributed by atoms with Crippen LogP contribution in [-0.2, 0) is 0 Å². The van der Waals surface area contributed by atoms with Crippen LogP contribution >= 0.6 is 0 Å². The quantitative estimate of drug-likeness (QED) is 0.825. The molecule has 1 aliphatic rings. The van der Waals surface area contributed by atoms with Gasteiger partial charge < -0.3 is 20.7 Å². The van der Waals surface area contributed by atoms with Crippen LogP contribution in [0.25, 0.3) is 0 Å². The minimum absolute atomic E-state index is 0.0690. The zero-order valence-corrected chi connectivity index (χ0v) is 11.3. The maximum atomic E-state index is 12.3. The standard InChI is InChI=1S/C14H21N3O2/c1-19-13-6-3-2-5-12(13)16-14(18)17(10-4-9-15)11-7-8-11/h2-3,5-6,11H,4,7-10,15H2,1H3,(H,16,18). The van der Waals surface area contributed by atoms with Gasteiger partial charge >= 0.3 is 6.03 Å². The number of amides is 2. The molecule has 5 nitrogen and oxygen atoms in total. The minimum atomic E-state index is -0.0690. The Morgan fingerprint density at radius 2 is 2.21 bits per heavy atom. The molecule has 0 unspecified atom stereocenters. The molecule has 1 saturated carbocycles. The second-order valence-corrected chi connectivity index (χ2v) is 4.70. The highest BCUT2D eigenvalue weighted by Crippen LogP contribution is 2.29. The highest BCUT2D eigenvalue weighted by Gasteiger charge is 2.32. The molecule has 0 radical (unpaired) electrons. The van der Waals surface area contributed by atoms with Crippen LogP contribution in [0, 0.1) is 0 Å². The summed E-state index contributed by atoms with van der Waals surface area (Å²) in [5.41, 5.74) is 6.22. The Kier molecular flexibility index (Phi) is 4.63. The lowest BCUT2D eigenvalue weighted by Gasteiger charge is -2.23. The molecule has 2 amide bonds. The van der Waals surface area contributed by atoms with E-state index < -0.39 is 0 Å². The van der Waals surface area contributed by atoms with E-state index in [1.165, 1.54) is 0 Å². The number of methoxy groups -OCH3 is 1. The molecule has 1 aromatic rings. The van der Waals surface area contributed by atoms with E-state index in [2.05, 4.69) is 5.32 Å². The van der Waals surface area contributed by atoms with Crippen molar-refractivity contribution in [3.8, 4) is 5.75 Å². The van der Waals surface area contributed by atoms with Gasteiger partial charge in [0.25, 0.3) is 0 Å². The van der Waals surface area contributed by atoms with Crippen LogP contribution in [0.5, 0.6) is 5.75 Å². The summed E-state index contributed by atoms with van der Waals surface area (Å²) in [7, 11) is 1.60. The minimum Gasteiger partial charge on any atom is -0.495 e. The molecule has 0 saturated heterocycles. The summed E-state index contributed by atoms with van der Waals surface area (Å²) < 4.78 is 5.23. The van der Waals surface area contributed by atoms with Crippen LogP contribution in [0.4, 0.5) is 10.5 Å². The van der Waals surface area contributed by atoms with Crippen molar-refractivity contribution in [2.24, 2.45) is 5.73 Å². The molecular formula is C14H21N3O2. The third kappa shape index (κ3) is 3.61. The summed E-state index contributed by atoms with van der Waals surface area (Å²) in [6.07, 6.45) is 3.00. The van der Waals surface area contributed by atoms with Crippen LogP contribution in [0.1, 0.15) is 19.3 Å². The van der Waals surface area contributed by atoms with E-state index in [-0.39, 0.29) is 6.03 Å². The monoisotopic (exact) mass is 263 g/mol. The van der Waals surface area contributed by atoms with Crippen molar-refractivity contribution in [3.63, 3.8) is 0 Å². The molecule has 0 heterocycles. The largest absolute Gasteiger partial charge is 0.495 e. The Labute approximate surface area is 113 Å². The van der Waals surface area contributed by atoms with Gasteiger partial charge in [-0.3, -0.25) is 0 Å². The number of hydrogen-bond acceptors (Lipinski definition) is 3. The molecule has 5 heteroatoms. The Bertz CT molecular complexity index is 432. The number of carbonyl (C=O) groups excluding carboxylic acids is 1. The average Bonchev–Trinajstić information content (AvgIpc) is 3.24. The van der Waals surface area contributed by atoms with Crippen molar-refractivity contribution >= 4 is 11.7 Å². The lowest BCUT2D eigenvalue weighted by Crippen LogP contribution is -2.38. The Balaban J connectivity index is 2.01. The molecule has 2 rings (SSSR count). The number of hydrogen-bond donors (Lipinski definition) is 2. The second kappa shape index (κ2) is 6.43. The molecule has 1 aliphatic carbocycles. The van der Waals surface area contributed by atoms with E-state index in [0.717, 1.165) is 19.3 Å². The normalized spacial score (nSPS) is 14.0. The van der Waals surface area contributed by atoms with E-state index in [1.54, 1.807) is 7.11 Å². The number of carbonyl (C=O) groups is 1. The van der Waals surface area contributed by atoms with Crippen LogP contribution in [-0.4, -0.2) is 37.2 Å². The number of benzene rings is 1. The SMILES string of the molecule is COc1ccccc1NC(=O)N(CCCN)C1CC1. The first kappa shape index (κ1) is 13.7. The summed E-state index contributed by atoms with van der Waals surface area (Å²) in [5, 5.41) is 2.91. The zero-order valence-electron chi connectivity index (χ0n) is 11.3. The molecule has 0 atom stereocenters. The molecule has 19 heavy (non-hydrogen) atoms. The molecule has 3 N–H and O–H groups in total. The Hall–Kier alpha value is -1.75. The van der Waals surface area contributed by atoms with Crippen LogP contribution in [0.2, 0.25) is 0 Å². The number of anilines is 1. The predicted octanol–water partition coefficient (Wildman–Crippen LogP) is 2.04. The highest BCUT2D eigenvalue weighted by molar-refractivity contribution is 5.91. The first-order valence-corrected chi connectivity index (χ1v) is 6.67. The van der Waals surface area contributed by atoms with Crippen molar-refractivity contribution in [1.29, 1.82) is 0 Å². The van der Waals surface area contributed by atoms with Crippen molar-refractivity contribution in [3.05, 3.63) is 24.3 Å². The summed E-state index contributed by atoms with van der Waals surface area (Å²) in [6, 6.07) is 7.73. The van der Waals surface area contributed by atoms with Gasteiger partial charge in [0.05, 0.1) is 12.8 Å². The predicted molar refractivity (Wildman–Crippen MR) is 75.4 cm³/mol. The van der Waals surface area contributed by atoms with Crippen LogP contribution in [0.3, 0.4) is 0 Å². The average molecular weight is 263 g/mol. The van der Waals surface area contributed by atoms with E-state index >= 15 is 0 Å². The Morgan fingerprint density at radius 3 is 2.84 bits per heavy atom. The number of nitrogens with two attached hydrogens (primary N) is 1. The zero-order chi connectivity index (χ0) is 13.7. The van der Waals surface area contributed by atoms with E-state index in [1.807, 2.05) is 29.2 Å². The van der Waals surface area contributed by atoms with Gasteiger partial charge in [-0.2, -0.15) is 0 Å². The van der Waals surface area contributed by atoms with Crippen molar-refractivity contribution < 1.29 is 9.53 Å². The maximum absolute atomic E-state index is 12.3. The molecule has 0 aromatic heterocycles. The number of ether oxygens (including phenoxy) is 1. The van der Waals surface area contributed by atoms with Crippen molar-refractivity contribution in [1.82, 2.24) is 4.90 Å². The molecule has 104 valence electrons. The van der Waals surface area contributed by atoms with Gasteiger partial charge in [0.2, 0.25) is 0 Å². The van der Waals surface area contributed by atoms with Crippen molar-refractivity contribution in [2.45, 2.75) is 25.3 Å². The van der Waals surface area contributed by atoms with Gasteiger partial charge in [0, 0.05) is 12.6 Å². The molecule has 1 aromatic carbocycles. The fourth-order valence-electron chi connectivity index (χ4n) is 2.03. The summed E-state index contributed by atoms with van der Waals surface area (Å²) in [4.78, 5) is 14.2. The van der Waals surface area contributed by atoms with Gasteiger partial charge in [-0.15, -0.1) is 0 Å². The Morgan fingerprint density at radius 1 is 1.47 bits per heavy atom. The number of nitrogens with zero attached hydrogens (tertiary/aromatic N) is 1. The van der Waals surface area contributed by atoms with Gasteiger partial charge in [0.1, 0.15) is 5.75 Å². The van der Waals surface area contributed by atoms with Crippen molar-refractivity contribution in [2.75, 3.05) is 25.5 Å². The number of urea groups is 1. The summed E-state index contributed by atoms with van der Waals surface area (Å²) in [6.45, 7) is 1.31. The number of para-hydroxylation sites is 2. The molecule has 0 aliphatic heterocycles. The van der Waals surface area contributed by atoms with Gasteiger partial charge in [-0.1, -0.05) is 12.1 Å². The van der Waals surface area contributed by atoms with E-state index in [0.29, 0.717) is 30.6 Å². The molecule has 1 fully saturated rings. The number of rotatable bonds is 6. The lowest BCUT2D eigenvalue weighted by molar-refractivity contribution is 0.208. The third-order valence-electron chi connectivity index (χ3n) is 3.20. The highest BCUT2D eigenvalue weighted by atomic mass is 16.5. The maximum Gasteiger partial charge on any atom is 0.322 e. The van der Waals surface area contributed by atoms with Crippen LogP contribution in [0.15, 0.2) is 24.3 Å². The number of nitrogens with one attached hydrogen (secondary N) is 1. The summed E-state index contributed by atoms with van der Waals surface area (Å²) in [5.74, 6) is 0.672.